The van der Waals surface area contributed by atoms with Crippen LogP contribution < -0.4 is 5.32 Å². The van der Waals surface area contributed by atoms with E-state index in [1.807, 2.05) is 11.3 Å². The van der Waals surface area contributed by atoms with Crippen LogP contribution >= 0.6 is 11.3 Å². The average Bonchev–Trinajstić information content (AvgIpc) is 3.04. The topological polar surface area (TPSA) is 59.5 Å². The normalized spacial score (nSPS) is 18.2. The Morgan fingerprint density at radius 2 is 2.04 bits per heavy atom. The van der Waals surface area contributed by atoms with Gasteiger partial charge in [-0.2, -0.15) is 0 Å². The predicted octanol–water partition coefficient (Wildman–Crippen LogP) is 2.85. The van der Waals surface area contributed by atoms with Gasteiger partial charge >= 0.3 is 0 Å². The second-order valence-corrected chi connectivity index (χ2v) is 8.12. The van der Waals surface area contributed by atoms with Crippen LogP contribution in [0.25, 0.3) is 10.2 Å². The summed E-state index contributed by atoms with van der Waals surface area (Å²) >= 11 is 1.87. The summed E-state index contributed by atoms with van der Waals surface area (Å²) in [5.41, 5.74) is 1.49. The van der Waals surface area contributed by atoms with Crippen LogP contribution in [0.3, 0.4) is 0 Å². The molecule has 4 rings (SSSR count). The number of thiophene rings is 1. The summed E-state index contributed by atoms with van der Waals surface area (Å²) in [5, 5.41) is 4.84. The third-order valence-corrected chi connectivity index (χ3v) is 6.33. The van der Waals surface area contributed by atoms with E-state index in [1.165, 1.54) is 35.1 Å². The number of fused-ring (bicyclic) bond motifs is 3. The first-order valence-electron chi connectivity index (χ1n) is 9.69. The van der Waals surface area contributed by atoms with Crippen molar-refractivity contribution in [3.05, 3.63) is 16.3 Å². The van der Waals surface area contributed by atoms with Gasteiger partial charge in [-0.1, -0.05) is 0 Å². The van der Waals surface area contributed by atoms with Gasteiger partial charge in [0.15, 0.2) is 0 Å². The van der Waals surface area contributed by atoms with Crippen molar-refractivity contribution < 1.29 is 9.47 Å². The van der Waals surface area contributed by atoms with Crippen molar-refractivity contribution in [1.82, 2.24) is 14.9 Å². The minimum absolute atomic E-state index is 0.767. The zero-order chi connectivity index (χ0) is 17.8. The molecular weight excluding hydrogens is 348 g/mol. The maximum Gasteiger partial charge on any atom is 0.146 e. The molecule has 142 valence electrons. The molecule has 3 heterocycles. The summed E-state index contributed by atoms with van der Waals surface area (Å²) in [6.07, 6.45) is 5.90. The Bertz CT molecular complexity index is 743. The lowest BCUT2D eigenvalue weighted by atomic mass is 9.97. The minimum atomic E-state index is 0.767. The van der Waals surface area contributed by atoms with E-state index in [0.717, 1.165) is 75.3 Å². The Morgan fingerprint density at radius 1 is 1.19 bits per heavy atom. The SMILES string of the molecule is COCCCNc1nc(CN2CCOCC2)nc2sc3c(c12)CCCC3. The van der Waals surface area contributed by atoms with Gasteiger partial charge in [0.05, 0.1) is 25.1 Å². The lowest BCUT2D eigenvalue weighted by Gasteiger charge is -2.25. The molecule has 0 atom stereocenters. The maximum atomic E-state index is 5.46. The number of aromatic nitrogens is 2. The van der Waals surface area contributed by atoms with Gasteiger partial charge in [0.1, 0.15) is 16.5 Å². The molecule has 2 aromatic rings. The number of nitrogens with one attached hydrogen (secondary N) is 1. The van der Waals surface area contributed by atoms with Gasteiger partial charge in [-0.05, 0) is 37.7 Å². The fraction of sp³-hybridized carbons (Fsp3) is 0.684. The number of morpholine rings is 1. The standard InChI is InChI=1S/C19H28N4O2S/c1-24-10-4-7-20-18-17-14-5-2-3-6-15(14)26-19(17)22-16(21-18)13-23-8-11-25-12-9-23/h2-13H2,1H3,(H,20,21,22). The number of nitrogens with zero attached hydrogens (tertiary/aromatic N) is 3. The Balaban J connectivity index is 1.62. The van der Waals surface area contributed by atoms with Gasteiger partial charge in [0.2, 0.25) is 0 Å². The van der Waals surface area contributed by atoms with Crippen molar-refractivity contribution in [2.45, 2.75) is 38.6 Å². The van der Waals surface area contributed by atoms with Crippen LogP contribution in [0.1, 0.15) is 35.5 Å². The molecule has 7 heteroatoms. The van der Waals surface area contributed by atoms with Gasteiger partial charge in [0.25, 0.3) is 0 Å². The van der Waals surface area contributed by atoms with E-state index < -0.39 is 0 Å². The molecule has 2 aliphatic rings. The van der Waals surface area contributed by atoms with Gasteiger partial charge in [-0.15, -0.1) is 11.3 Å². The predicted molar refractivity (Wildman–Crippen MR) is 105 cm³/mol. The highest BCUT2D eigenvalue weighted by molar-refractivity contribution is 7.19. The van der Waals surface area contributed by atoms with Gasteiger partial charge in [-0.3, -0.25) is 4.90 Å². The first kappa shape index (κ1) is 18.1. The van der Waals surface area contributed by atoms with Crippen molar-refractivity contribution >= 4 is 27.4 Å². The number of aryl methyl sites for hydroxylation is 2. The van der Waals surface area contributed by atoms with Crippen molar-refractivity contribution in [3.8, 4) is 0 Å². The maximum absolute atomic E-state index is 5.46. The summed E-state index contributed by atoms with van der Waals surface area (Å²) in [5.74, 6) is 1.95. The summed E-state index contributed by atoms with van der Waals surface area (Å²) in [4.78, 5) is 14.9. The number of anilines is 1. The van der Waals surface area contributed by atoms with Crippen molar-refractivity contribution in [3.63, 3.8) is 0 Å². The summed E-state index contributed by atoms with van der Waals surface area (Å²) in [6.45, 7) is 5.97. The summed E-state index contributed by atoms with van der Waals surface area (Å²) in [6, 6.07) is 0. The third-order valence-electron chi connectivity index (χ3n) is 5.15. The van der Waals surface area contributed by atoms with E-state index in [1.54, 1.807) is 7.11 Å². The molecule has 0 radical (unpaired) electrons. The zero-order valence-electron chi connectivity index (χ0n) is 15.6. The van der Waals surface area contributed by atoms with Crippen molar-refractivity contribution in [1.29, 1.82) is 0 Å². The quantitative estimate of drug-likeness (QED) is 0.750. The molecule has 0 unspecified atom stereocenters. The molecule has 0 amide bonds. The van der Waals surface area contributed by atoms with Gasteiger partial charge < -0.3 is 14.8 Å². The minimum Gasteiger partial charge on any atom is -0.385 e. The number of rotatable bonds is 7. The molecule has 1 fully saturated rings. The first-order valence-corrected chi connectivity index (χ1v) is 10.5. The molecule has 6 nitrogen and oxygen atoms in total. The van der Waals surface area contributed by atoms with Crippen molar-refractivity contribution in [2.75, 3.05) is 51.9 Å². The highest BCUT2D eigenvalue weighted by Gasteiger charge is 2.22. The lowest BCUT2D eigenvalue weighted by molar-refractivity contribution is 0.0331. The Hall–Kier alpha value is -1.28. The van der Waals surface area contributed by atoms with Crippen LogP contribution in [0.5, 0.6) is 0 Å². The molecule has 0 spiro atoms. The van der Waals surface area contributed by atoms with E-state index in [-0.39, 0.29) is 0 Å². The fourth-order valence-electron chi connectivity index (χ4n) is 3.78. The molecule has 0 aromatic carbocycles. The molecular formula is C19H28N4O2S. The zero-order valence-corrected chi connectivity index (χ0v) is 16.4. The fourth-order valence-corrected chi connectivity index (χ4v) is 5.06. The van der Waals surface area contributed by atoms with E-state index >= 15 is 0 Å². The van der Waals surface area contributed by atoms with Gasteiger partial charge in [0, 0.05) is 38.2 Å². The molecule has 26 heavy (non-hydrogen) atoms. The summed E-state index contributed by atoms with van der Waals surface area (Å²) in [7, 11) is 1.75. The van der Waals surface area contributed by atoms with Gasteiger partial charge in [-0.25, -0.2) is 9.97 Å². The average molecular weight is 377 g/mol. The van der Waals surface area contributed by atoms with Crippen LogP contribution in [0.2, 0.25) is 0 Å². The molecule has 2 aromatic heterocycles. The molecule has 1 N–H and O–H groups in total. The number of hydrogen-bond donors (Lipinski definition) is 1. The lowest BCUT2D eigenvalue weighted by Crippen LogP contribution is -2.36. The van der Waals surface area contributed by atoms with E-state index in [0.29, 0.717) is 0 Å². The Morgan fingerprint density at radius 3 is 2.88 bits per heavy atom. The van der Waals surface area contributed by atoms with Crippen LogP contribution in [0.4, 0.5) is 5.82 Å². The number of hydrogen-bond acceptors (Lipinski definition) is 7. The molecule has 1 aliphatic heterocycles. The van der Waals surface area contributed by atoms with E-state index in [9.17, 15) is 0 Å². The third kappa shape index (κ3) is 4.01. The van der Waals surface area contributed by atoms with Crippen LogP contribution in [-0.4, -0.2) is 61.4 Å². The molecule has 1 saturated heterocycles. The second-order valence-electron chi connectivity index (χ2n) is 7.04. The second kappa shape index (κ2) is 8.61. The van der Waals surface area contributed by atoms with E-state index in [4.69, 9.17) is 19.4 Å². The Labute approximate surface area is 158 Å². The highest BCUT2D eigenvalue weighted by atomic mass is 32.1. The monoisotopic (exact) mass is 376 g/mol. The largest absolute Gasteiger partial charge is 0.385 e. The molecule has 1 aliphatic carbocycles. The highest BCUT2D eigenvalue weighted by Crippen LogP contribution is 2.38. The summed E-state index contributed by atoms with van der Waals surface area (Å²) < 4.78 is 10.6. The van der Waals surface area contributed by atoms with Crippen molar-refractivity contribution in [2.24, 2.45) is 0 Å². The Kier molecular flexibility index (Phi) is 5.99. The van der Waals surface area contributed by atoms with E-state index in [2.05, 4.69) is 10.2 Å². The smallest absolute Gasteiger partial charge is 0.146 e. The van der Waals surface area contributed by atoms with Crippen LogP contribution in [0.15, 0.2) is 0 Å². The van der Waals surface area contributed by atoms with Crippen LogP contribution in [0, 0.1) is 0 Å². The molecule has 0 bridgehead atoms. The number of ether oxygens (including phenoxy) is 2. The molecule has 0 saturated carbocycles. The first-order chi connectivity index (χ1) is 12.8. The van der Waals surface area contributed by atoms with Crippen LogP contribution in [-0.2, 0) is 28.9 Å². The number of methoxy groups -OCH3 is 1.